The van der Waals surface area contributed by atoms with Gasteiger partial charge in [-0.1, -0.05) is 13.5 Å². The molecule has 0 aromatic carbocycles. The van der Waals surface area contributed by atoms with Gasteiger partial charge < -0.3 is 4.74 Å². The molecule has 2 rings (SSSR count). The highest BCUT2D eigenvalue weighted by Crippen LogP contribution is 2.69. The Hall–Kier alpha value is -0.790. The summed E-state index contributed by atoms with van der Waals surface area (Å²) in [5, 5.41) is 0. The maximum absolute atomic E-state index is 11.5. The first-order valence-electron chi connectivity index (χ1n) is 5.28. The van der Waals surface area contributed by atoms with Crippen molar-refractivity contribution in [2.24, 2.45) is 11.3 Å². The van der Waals surface area contributed by atoms with Crippen LogP contribution in [0.4, 0.5) is 0 Å². The van der Waals surface area contributed by atoms with E-state index in [2.05, 4.69) is 20.4 Å². The summed E-state index contributed by atoms with van der Waals surface area (Å²) in [5.74, 6) is 0.548. The predicted molar refractivity (Wildman–Crippen MR) is 54.8 cm³/mol. The van der Waals surface area contributed by atoms with Crippen LogP contribution in [-0.2, 0) is 9.53 Å². The number of fused-ring (bicyclic) bond motifs is 1. The van der Waals surface area contributed by atoms with Gasteiger partial charge in [-0.3, -0.25) is 0 Å². The Morgan fingerprint density at radius 1 is 1.50 bits per heavy atom. The van der Waals surface area contributed by atoms with E-state index in [-0.39, 0.29) is 17.0 Å². The molecule has 2 nitrogen and oxygen atoms in total. The normalized spacial score (nSPS) is 44.4. The van der Waals surface area contributed by atoms with Crippen molar-refractivity contribution in [1.82, 2.24) is 0 Å². The Labute approximate surface area is 85.3 Å². The number of esters is 1. The fourth-order valence-corrected chi connectivity index (χ4v) is 2.72. The lowest BCUT2D eigenvalue weighted by Gasteiger charge is -2.32. The first-order valence-corrected chi connectivity index (χ1v) is 5.28. The Morgan fingerprint density at radius 2 is 2.14 bits per heavy atom. The van der Waals surface area contributed by atoms with Crippen molar-refractivity contribution in [2.75, 3.05) is 0 Å². The average Bonchev–Trinajstić information content (AvgIpc) is 2.69. The van der Waals surface area contributed by atoms with Gasteiger partial charge in [0, 0.05) is 11.0 Å². The summed E-state index contributed by atoms with van der Waals surface area (Å²) >= 11 is 0. The molecule has 14 heavy (non-hydrogen) atoms. The minimum atomic E-state index is -0.242. The van der Waals surface area contributed by atoms with E-state index < -0.39 is 0 Å². The molecular weight excluding hydrogens is 176 g/mol. The van der Waals surface area contributed by atoms with Gasteiger partial charge in [-0.05, 0) is 39.0 Å². The zero-order chi connectivity index (χ0) is 10.6. The third-order valence-corrected chi connectivity index (χ3v) is 4.26. The topological polar surface area (TPSA) is 26.3 Å². The summed E-state index contributed by atoms with van der Waals surface area (Å²) in [6, 6.07) is 0. The second-order valence-electron chi connectivity index (χ2n) is 5.26. The van der Waals surface area contributed by atoms with Crippen LogP contribution >= 0.6 is 0 Å². The number of carbonyl (C=O) groups is 1. The van der Waals surface area contributed by atoms with E-state index in [4.69, 9.17) is 4.74 Å². The molecule has 78 valence electrons. The van der Waals surface area contributed by atoms with Crippen molar-refractivity contribution in [2.45, 2.75) is 45.6 Å². The van der Waals surface area contributed by atoms with E-state index in [1.807, 2.05) is 0 Å². The SMILES string of the molecule is C=C(C)C(=O)OC1(C)CCC2CC21C. The first kappa shape index (κ1) is 9.75. The summed E-state index contributed by atoms with van der Waals surface area (Å²) in [6.07, 6.45) is 3.43. The van der Waals surface area contributed by atoms with Crippen LogP contribution < -0.4 is 0 Å². The van der Waals surface area contributed by atoms with E-state index in [0.29, 0.717) is 5.57 Å². The first-order chi connectivity index (χ1) is 6.39. The van der Waals surface area contributed by atoms with E-state index in [9.17, 15) is 4.79 Å². The zero-order valence-electron chi connectivity index (χ0n) is 9.22. The van der Waals surface area contributed by atoms with Crippen molar-refractivity contribution in [3.63, 3.8) is 0 Å². The van der Waals surface area contributed by atoms with E-state index >= 15 is 0 Å². The van der Waals surface area contributed by atoms with Crippen molar-refractivity contribution >= 4 is 5.97 Å². The van der Waals surface area contributed by atoms with E-state index in [1.54, 1.807) is 6.92 Å². The highest BCUT2D eigenvalue weighted by molar-refractivity contribution is 5.87. The number of ether oxygens (including phenoxy) is 1. The number of carbonyl (C=O) groups excluding carboxylic acids is 1. The molecule has 2 fully saturated rings. The molecule has 0 aromatic rings. The molecule has 0 amide bonds. The van der Waals surface area contributed by atoms with Crippen LogP contribution in [0.3, 0.4) is 0 Å². The fourth-order valence-electron chi connectivity index (χ4n) is 2.72. The molecule has 0 saturated heterocycles. The quantitative estimate of drug-likeness (QED) is 0.499. The highest BCUT2D eigenvalue weighted by atomic mass is 16.6. The Bertz CT molecular complexity index is 305. The molecule has 2 aliphatic carbocycles. The summed E-state index contributed by atoms with van der Waals surface area (Å²) in [5.41, 5.74) is 0.505. The summed E-state index contributed by atoms with van der Waals surface area (Å²) in [7, 11) is 0. The second kappa shape index (κ2) is 2.62. The molecular formula is C12H18O2. The second-order valence-corrected chi connectivity index (χ2v) is 5.26. The minimum absolute atomic E-state index is 0.235. The van der Waals surface area contributed by atoms with Gasteiger partial charge in [-0.25, -0.2) is 4.79 Å². The summed E-state index contributed by atoms with van der Waals surface area (Å²) < 4.78 is 5.58. The van der Waals surface area contributed by atoms with Crippen molar-refractivity contribution in [3.8, 4) is 0 Å². The molecule has 0 aromatic heterocycles. The monoisotopic (exact) mass is 194 g/mol. The third-order valence-electron chi connectivity index (χ3n) is 4.26. The van der Waals surface area contributed by atoms with Crippen LogP contribution in [-0.4, -0.2) is 11.6 Å². The van der Waals surface area contributed by atoms with Gasteiger partial charge in [0.25, 0.3) is 0 Å². The van der Waals surface area contributed by atoms with Gasteiger partial charge in [0.1, 0.15) is 5.60 Å². The zero-order valence-corrected chi connectivity index (χ0v) is 9.22. The van der Waals surface area contributed by atoms with Crippen LogP contribution in [0, 0.1) is 11.3 Å². The van der Waals surface area contributed by atoms with Gasteiger partial charge in [0.05, 0.1) is 0 Å². The van der Waals surface area contributed by atoms with Crippen molar-refractivity contribution in [1.29, 1.82) is 0 Å². The molecule has 0 aliphatic heterocycles. The van der Waals surface area contributed by atoms with Crippen LogP contribution in [0.15, 0.2) is 12.2 Å². The fraction of sp³-hybridized carbons (Fsp3) is 0.750. The van der Waals surface area contributed by atoms with E-state index in [0.717, 1.165) is 12.3 Å². The lowest BCUT2D eigenvalue weighted by molar-refractivity contribution is -0.159. The molecule has 0 spiro atoms. The van der Waals surface area contributed by atoms with Crippen LogP contribution in [0.5, 0.6) is 0 Å². The molecule has 3 unspecified atom stereocenters. The van der Waals surface area contributed by atoms with E-state index in [1.165, 1.54) is 12.8 Å². The van der Waals surface area contributed by atoms with Gasteiger partial charge in [0.2, 0.25) is 0 Å². The minimum Gasteiger partial charge on any atom is -0.455 e. The van der Waals surface area contributed by atoms with Crippen LogP contribution in [0.2, 0.25) is 0 Å². The lowest BCUT2D eigenvalue weighted by atomic mass is 9.88. The Balaban J connectivity index is 2.10. The molecule has 0 radical (unpaired) electrons. The molecule has 0 heterocycles. The van der Waals surface area contributed by atoms with Crippen molar-refractivity contribution < 1.29 is 9.53 Å². The third kappa shape index (κ3) is 1.13. The number of hydrogen-bond donors (Lipinski definition) is 0. The number of rotatable bonds is 2. The lowest BCUT2D eigenvalue weighted by Crippen LogP contribution is -2.37. The Morgan fingerprint density at radius 3 is 2.50 bits per heavy atom. The maximum atomic E-state index is 11.5. The maximum Gasteiger partial charge on any atom is 0.333 e. The van der Waals surface area contributed by atoms with Crippen molar-refractivity contribution in [3.05, 3.63) is 12.2 Å². The molecule has 3 atom stereocenters. The molecule has 2 aliphatic rings. The molecule has 0 N–H and O–H groups in total. The summed E-state index contributed by atoms with van der Waals surface area (Å²) in [4.78, 5) is 11.5. The van der Waals surface area contributed by atoms with Crippen LogP contribution in [0.1, 0.15) is 40.0 Å². The van der Waals surface area contributed by atoms with Gasteiger partial charge in [-0.2, -0.15) is 0 Å². The van der Waals surface area contributed by atoms with Crippen LogP contribution in [0.25, 0.3) is 0 Å². The predicted octanol–water partition coefficient (Wildman–Crippen LogP) is 2.68. The van der Waals surface area contributed by atoms with Gasteiger partial charge in [-0.15, -0.1) is 0 Å². The summed E-state index contributed by atoms with van der Waals surface area (Å²) in [6.45, 7) is 9.62. The van der Waals surface area contributed by atoms with Gasteiger partial charge >= 0.3 is 5.97 Å². The average molecular weight is 194 g/mol. The Kier molecular flexibility index (Phi) is 1.82. The smallest absolute Gasteiger partial charge is 0.333 e. The molecule has 0 bridgehead atoms. The molecule has 2 heteroatoms. The van der Waals surface area contributed by atoms with Gasteiger partial charge in [0.15, 0.2) is 0 Å². The highest BCUT2D eigenvalue weighted by Gasteiger charge is 2.67. The largest absolute Gasteiger partial charge is 0.455 e. The standard InChI is InChI=1S/C12H18O2/c1-8(2)10(13)14-12(4)6-5-9-7-11(9,12)3/h9H,1,5-7H2,2-4H3. The molecule has 2 saturated carbocycles. The number of hydrogen-bond acceptors (Lipinski definition) is 2.